The molecule has 0 spiro atoms. The van der Waals surface area contributed by atoms with Gasteiger partial charge < -0.3 is 9.84 Å². The molecule has 0 rings (SSSR count). The topological polar surface area (TPSA) is 136 Å². The van der Waals surface area contributed by atoms with Crippen molar-refractivity contribution in [2.75, 3.05) is 6.61 Å². The van der Waals surface area contributed by atoms with Crippen molar-refractivity contribution in [3.8, 4) is 0 Å². The van der Waals surface area contributed by atoms with E-state index in [-0.39, 0.29) is 6.61 Å². The molecule has 0 aliphatic heterocycles. The Balaban J connectivity index is 3.57. The number of ether oxygens (including phenoxy) is 1. The van der Waals surface area contributed by atoms with Gasteiger partial charge in [-0.05, 0) is 14.9 Å². The summed E-state index contributed by atoms with van der Waals surface area (Å²) < 4.78 is 31.8. The highest BCUT2D eigenvalue weighted by Gasteiger charge is 2.51. The van der Waals surface area contributed by atoms with Gasteiger partial charge >= 0.3 is 22.4 Å². The highest BCUT2D eigenvalue weighted by Crippen LogP contribution is 2.17. The largest absolute Gasteiger partial charge is 0.481 e. The summed E-state index contributed by atoms with van der Waals surface area (Å²) in [7, 11) is -4.51. The van der Waals surface area contributed by atoms with Crippen LogP contribution in [0.5, 0.6) is 0 Å². The van der Waals surface area contributed by atoms with Gasteiger partial charge in [-0.25, -0.2) is 4.79 Å². The molecule has 183 valence electrons. The molecule has 31 heavy (non-hydrogen) atoms. The molecule has 0 aliphatic rings. The summed E-state index contributed by atoms with van der Waals surface area (Å²) in [6.45, 7) is 2.29. The fourth-order valence-corrected chi connectivity index (χ4v) is 4.23. The Morgan fingerprint density at radius 3 is 1.55 bits per heavy atom. The minimum Gasteiger partial charge on any atom is -0.481 e. The zero-order valence-corrected chi connectivity index (χ0v) is 20.0. The van der Waals surface area contributed by atoms with Crippen molar-refractivity contribution in [1.29, 1.82) is 0 Å². The standard InChI is InChI=1S/C22H43NO7S/c1-2-3-4-5-6-7-8-9-10-11-12-13-14-15-16-17-18-29-22(26)20(19-21(24)25)31(27,28)30-23/h20H,2-19,23H2,1H3,(H,24,25)/q+1. The molecule has 9 heteroatoms. The van der Waals surface area contributed by atoms with Crippen molar-refractivity contribution < 1.29 is 32.5 Å². The molecule has 0 amide bonds. The molecule has 0 aromatic rings. The van der Waals surface area contributed by atoms with Crippen LogP contribution in [0, 0.1) is 0 Å². The summed E-state index contributed by atoms with van der Waals surface area (Å²) in [6, 6.07) is 0. The SMILES string of the molecule is CCCCCCCCCCCCCCCCCCOC(=O)C(CC(=O)O)[S+]([O])(=O)ON. The van der Waals surface area contributed by atoms with E-state index in [1.54, 1.807) is 0 Å². The van der Waals surface area contributed by atoms with Gasteiger partial charge in [0.1, 0.15) is 6.42 Å². The quantitative estimate of drug-likeness (QED) is 0.0960. The molecular weight excluding hydrogens is 422 g/mol. The second kappa shape index (κ2) is 19.6. The summed E-state index contributed by atoms with van der Waals surface area (Å²) >= 11 is 0. The van der Waals surface area contributed by atoms with Crippen molar-refractivity contribution in [3.63, 3.8) is 0 Å². The van der Waals surface area contributed by atoms with Crippen molar-refractivity contribution >= 4 is 22.4 Å². The third-order valence-corrected chi connectivity index (χ3v) is 6.67. The number of aliphatic carboxylic acids is 1. The van der Waals surface area contributed by atoms with Crippen LogP contribution in [-0.2, 0) is 37.9 Å². The van der Waals surface area contributed by atoms with Gasteiger partial charge in [0, 0.05) is 0 Å². The molecule has 0 saturated heterocycles. The van der Waals surface area contributed by atoms with Crippen LogP contribution in [0.2, 0.25) is 0 Å². The summed E-state index contributed by atoms with van der Waals surface area (Å²) in [5.41, 5.74) is 0. The normalized spacial score (nSPS) is 14.2. The lowest BCUT2D eigenvalue weighted by Gasteiger charge is -2.10. The van der Waals surface area contributed by atoms with E-state index in [0.717, 1.165) is 19.3 Å². The molecule has 0 aromatic carbocycles. The van der Waals surface area contributed by atoms with Crippen molar-refractivity contribution in [3.05, 3.63) is 0 Å². The second-order valence-electron chi connectivity index (χ2n) is 8.15. The Morgan fingerprint density at radius 2 is 1.19 bits per heavy atom. The zero-order valence-electron chi connectivity index (χ0n) is 19.2. The lowest BCUT2D eigenvalue weighted by Crippen LogP contribution is -2.40. The highest BCUT2D eigenvalue weighted by molar-refractivity contribution is 7.94. The summed E-state index contributed by atoms with van der Waals surface area (Å²) in [4.78, 5) is 22.6. The smallest absolute Gasteiger partial charge is 0.428 e. The van der Waals surface area contributed by atoms with Gasteiger partial charge in [0.05, 0.1) is 11.2 Å². The lowest BCUT2D eigenvalue weighted by atomic mass is 10.0. The molecule has 0 heterocycles. The van der Waals surface area contributed by atoms with Crippen LogP contribution in [-0.4, -0.2) is 28.9 Å². The van der Waals surface area contributed by atoms with Gasteiger partial charge in [-0.2, -0.15) is 5.90 Å². The number of rotatable bonds is 22. The highest BCUT2D eigenvalue weighted by atomic mass is 32.3. The van der Waals surface area contributed by atoms with Gasteiger partial charge in [-0.3, -0.25) is 4.79 Å². The molecule has 2 atom stereocenters. The molecule has 2 unspecified atom stereocenters. The number of carbonyl (C=O) groups excluding carboxylic acids is 1. The minimum absolute atomic E-state index is 0.0491. The monoisotopic (exact) mass is 465 g/mol. The Bertz CT molecular complexity index is 516. The Hall–Kier alpha value is -1.03. The predicted molar refractivity (Wildman–Crippen MR) is 121 cm³/mol. The first-order valence-electron chi connectivity index (χ1n) is 11.9. The molecule has 0 fully saturated rings. The van der Waals surface area contributed by atoms with E-state index in [1.807, 2.05) is 0 Å². The Kier molecular flexibility index (Phi) is 19.0. The summed E-state index contributed by atoms with van der Waals surface area (Å²) in [6.07, 6.45) is 18.6. The molecule has 0 aromatic heterocycles. The maximum atomic E-state index is 11.8. The molecule has 3 N–H and O–H groups in total. The third-order valence-electron chi connectivity index (χ3n) is 5.35. The van der Waals surface area contributed by atoms with Crippen LogP contribution in [0.3, 0.4) is 0 Å². The number of nitrogens with two attached hydrogens (primary N) is 1. The van der Waals surface area contributed by atoms with E-state index in [0.29, 0.717) is 6.42 Å². The summed E-state index contributed by atoms with van der Waals surface area (Å²) in [5, 5.41) is 6.80. The summed E-state index contributed by atoms with van der Waals surface area (Å²) in [5.74, 6) is 2.03. The van der Waals surface area contributed by atoms with Crippen molar-refractivity contribution in [2.45, 2.75) is 121 Å². The second-order valence-corrected chi connectivity index (χ2v) is 9.89. The Labute approximate surface area is 189 Å². The fourth-order valence-electron chi connectivity index (χ4n) is 3.44. The molecular formula is C22H43NO7S+. The molecule has 0 bridgehead atoms. The number of hydrogen-bond donors (Lipinski definition) is 2. The van der Waals surface area contributed by atoms with Crippen LogP contribution in [0.1, 0.15) is 116 Å². The first-order chi connectivity index (χ1) is 14.8. The van der Waals surface area contributed by atoms with Crippen LogP contribution in [0.25, 0.3) is 0 Å². The molecule has 0 saturated carbocycles. The first kappa shape index (κ1) is 30.0. The van der Waals surface area contributed by atoms with Crippen LogP contribution < -0.4 is 5.90 Å². The van der Waals surface area contributed by atoms with E-state index in [2.05, 4.69) is 17.1 Å². The van der Waals surface area contributed by atoms with Crippen LogP contribution in [0.15, 0.2) is 0 Å². The number of carboxylic acid groups (broad SMARTS) is 1. The number of carbonyl (C=O) groups is 2. The van der Waals surface area contributed by atoms with Gasteiger partial charge in [0.15, 0.2) is 0 Å². The van der Waals surface area contributed by atoms with Crippen molar-refractivity contribution in [2.24, 2.45) is 5.90 Å². The number of esters is 1. The fraction of sp³-hybridized carbons (Fsp3) is 0.909. The van der Waals surface area contributed by atoms with E-state index in [4.69, 9.17) is 9.84 Å². The maximum Gasteiger partial charge on any atom is 0.428 e. The zero-order chi connectivity index (χ0) is 23.4. The van der Waals surface area contributed by atoms with Gasteiger partial charge in [0.2, 0.25) is 0 Å². The lowest BCUT2D eigenvalue weighted by molar-refractivity contribution is -0.147. The van der Waals surface area contributed by atoms with Gasteiger partial charge in [-0.1, -0.05) is 103 Å². The van der Waals surface area contributed by atoms with E-state index in [9.17, 15) is 18.4 Å². The third kappa shape index (κ3) is 17.2. The van der Waals surface area contributed by atoms with E-state index < -0.39 is 34.1 Å². The average Bonchev–Trinajstić information content (AvgIpc) is 2.73. The van der Waals surface area contributed by atoms with E-state index in [1.165, 1.54) is 77.0 Å². The molecule has 0 aliphatic carbocycles. The number of unbranched alkanes of at least 4 members (excludes halogenated alkanes) is 15. The van der Waals surface area contributed by atoms with E-state index >= 15 is 0 Å². The predicted octanol–water partition coefficient (Wildman–Crippen LogP) is 5.28. The Morgan fingerprint density at radius 1 is 0.806 bits per heavy atom. The van der Waals surface area contributed by atoms with Crippen LogP contribution >= 0.6 is 0 Å². The first-order valence-corrected chi connectivity index (χ1v) is 13.3. The molecule has 1 radical (unpaired) electrons. The average molecular weight is 466 g/mol. The van der Waals surface area contributed by atoms with Crippen molar-refractivity contribution in [1.82, 2.24) is 0 Å². The van der Waals surface area contributed by atoms with Gasteiger partial charge in [0.25, 0.3) is 5.25 Å². The maximum absolute atomic E-state index is 11.8. The number of hydrogen-bond acceptors (Lipinski definition) is 6. The number of carboxylic acids is 1. The minimum atomic E-state index is -4.51. The molecule has 8 nitrogen and oxygen atoms in total. The van der Waals surface area contributed by atoms with Gasteiger partial charge in [-0.15, -0.1) is 0 Å². The van der Waals surface area contributed by atoms with Crippen LogP contribution in [0.4, 0.5) is 0 Å².